The topological polar surface area (TPSA) is 270 Å². The van der Waals surface area contributed by atoms with E-state index in [0.717, 1.165) is 24.3 Å². The number of carbonyl (C=O) groups is 3. The summed E-state index contributed by atoms with van der Waals surface area (Å²) in [5, 5.41) is 37.9. The average Bonchev–Trinajstić information content (AvgIpc) is 3.00. The van der Waals surface area contributed by atoms with Crippen LogP contribution < -0.4 is 124 Å². The summed E-state index contributed by atoms with van der Waals surface area (Å²) in [4.78, 5) is 52.5. The number of nitro groups is 2. The van der Waals surface area contributed by atoms with Crippen LogP contribution in [-0.4, -0.2) is 73.4 Å². The van der Waals surface area contributed by atoms with Gasteiger partial charge in [-0.1, -0.05) is 30.1 Å². The Balaban J connectivity index is -0.000000142. The Morgan fingerprint density at radius 3 is 1.65 bits per heavy atom. The van der Waals surface area contributed by atoms with Gasteiger partial charge in [-0.2, -0.15) is 17.6 Å². The maximum absolute atomic E-state index is 11.7. The molecule has 0 saturated heterocycles. The number of halogens is 7. The second-order valence-electron chi connectivity index (χ2n) is 7.18. The Morgan fingerprint density at radius 2 is 1.33 bits per heavy atom. The number of hydrogen-bond donors (Lipinski definition) is 3. The van der Waals surface area contributed by atoms with Gasteiger partial charge in [0.2, 0.25) is 11.8 Å². The molecule has 5 N–H and O–H groups in total. The van der Waals surface area contributed by atoms with E-state index in [-0.39, 0.29) is 146 Å². The normalized spacial score (nSPS) is 9.41. The summed E-state index contributed by atoms with van der Waals surface area (Å²) in [6.45, 7) is -4.59. The maximum atomic E-state index is 11.7. The number of nitrogens with zero attached hydrogens (tertiary/aromatic N) is 2. The van der Waals surface area contributed by atoms with Crippen molar-refractivity contribution in [2.75, 3.05) is 27.0 Å². The molecule has 0 heterocycles. The number of hydrogen-bond acceptors (Lipinski definition) is 13. The smallest absolute Gasteiger partial charge is 1.00 e. The van der Waals surface area contributed by atoms with Gasteiger partial charge in [0.25, 0.3) is 17.8 Å². The third-order valence-electron chi connectivity index (χ3n) is 4.09. The van der Waals surface area contributed by atoms with Gasteiger partial charge >= 0.3 is 116 Å². The van der Waals surface area contributed by atoms with Crippen LogP contribution in [0.25, 0.3) is 0 Å². The fourth-order valence-corrected chi connectivity index (χ4v) is 2.74. The maximum Gasteiger partial charge on any atom is 1.00 e. The summed E-state index contributed by atoms with van der Waals surface area (Å²) < 4.78 is 73.7. The quantitative estimate of drug-likeness (QED) is 0.0369. The van der Waals surface area contributed by atoms with Crippen LogP contribution in [0.3, 0.4) is 0 Å². The molecule has 0 unspecified atom stereocenters. The van der Waals surface area contributed by atoms with Gasteiger partial charge in [0, 0.05) is 23.3 Å². The van der Waals surface area contributed by atoms with Crippen LogP contribution in [0.5, 0.6) is 11.5 Å². The molecule has 0 saturated carbocycles. The Kier molecular flexibility index (Phi) is 37.5. The molecule has 0 aliphatic rings. The van der Waals surface area contributed by atoms with Crippen molar-refractivity contribution in [3.8, 4) is 11.5 Å². The number of rotatable bonds is 13. The number of benzene rings is 2. The van der Waals surface area contributed by atoms with E-state index in [1.807, 2.05) is 0 Å². The first-order chi connectivity index (χ1) is 22.4. The number of phenols is 1. The van der Waals surface area contributed by atoms with Gasteiger partial charge < -0.3 is 42.4 Å². The monoisotopic (exact) mass is 811 g/mol. The van der Waals surface area contributed by atoms with Crippen molar-refractivity contribution in [3.63, 3.8) is 0 Å². The molecule has 2 aromatic rings. The van der Waals surface area contributed by atoms with E-state index in [0.29, 0.717) is 6.42 Å². The second kappa shape index (κ2) is 33.8. The van der Waals surface area contributed by atoms with Crippen molar-refractivity contribution >= 4 is 52.9 Å². The van der Waals surface area contributed by atoms with Crippen molar-refractivity contribution in [1.82, 2.24) is 0 Å². The van der Waals surface area contributed by atoms with E-state index in [4.69, 9.17) is 55.9 Å². The van der Waals surface area contributed by atoms with Gasteiger partial charge in [0.15, 0.2) is 10.0 Å². The number of nitro benzene ring substituents is 2. The predicted octanol–water partition coefficient (Wildman–Crippen LogP) is -2.21. The largest absolute Gasteiger partial charge is 1.00 e. The van der Waals surface area contributed by atoms with Crippen LogP contribution in [0.1, 0.15) is 36.9 Å². The number of ether oxygens (including phenoxy) is 3. The Hall–Kier alpha value is -1.37. The van der Waals surface area contributed by atoms with Gasteiger partial charge in [-0.05, 0) is 18.6 Å². The minimum Gasteiger partial charge on any atom is -1.00 e. The molecule has 2 rings (SSSR count). The molecule has 0 aliphatic carbocycles. The zero-order valence-corrected chi connectivity index (χ0v) is 33.4. The number of phenolic OH excluding ortho intramolecular Hbond substituents is 1. The van der Waals surface area contributed by atoms with E-state index in [1.165, 1.54) is 0 Å². The molecule has 2 aromatic carbocycles. The molecule has 0 fully saturated rings. The molecular weight excluding hydrogens is 784 g/mol. The standard InChI is InChI=1S/C10H9ClF2N2O5.C7H5ClN2O4.C4H8F2O.CH3F.CH2O3.2K.H/c11-8-6(15(17)18)3-5(9(14)16)4-7(8)19-1-2-20-10(12)13;8-6-4(10(13)14)1-3(7(9)12)2-5(6)11;1-2-3-7-4(5)6;1-2;2-1-4-3;;;/h3-4,10H,1-2H2,(H2,14,16);1-2,11H,(H2,9,12);4H,2-3H2,1H3;1H3;1,3H;;;/q;;;;;2*+1;-1/p-1/i;;;1D;;;;. The molecule has 268 valence electrons. The summed E-state index contributed by atoms with van der Waals surface area (Å²) in [5.74, 6) is -2.55. The second-order valence-corrected chi connectivity index (χ2v) is 7.94. The summed E-state index contributed by atoms with van der Waals surface area (Å²) in [7, 11) is -1.00. The summed E-state index contributed by atoms with van der Waals surface area (Å²) in [5.41, 5.74) is 8.41. The Morgan fingerprint density at radius 1 is 0.939 bits per heavy atom. The van der Waals surface area contributed by atoms with Crippen molar-refractivity contribution in [2.45, 2.75) is 26.6 Å². The van der Waals surface area contributed by atoms with Crippen molar-refractivity contribution in [1.29, 1.82) is 0 Å². The fourth-order valence-electron chi connectivity index (χ4n) is 2.33. The molecule has 49 heavy (non-hydrogen) atoms. The summed E-state index contributed by atoms with van der Waals surface area (Å²) >= 11 is 11.1. The number of nitrogens with two attached hydrogens (primary N) is 2. The predicted molar refractivity (Wildman–Crippen MR) is 150 cm³/mol. The number of amides is 2. The molecule has 0 spiro atoms. The zero-order chi connectivity index (χ0) is 38.0. The molecule has 26 heteroatoms. The average molecular weight is 813 g/mol. The number of aromatic hydroxyl groups is 1. The van der Waals surface area contributed by atoms with E-state index in [1.54, 1.807) is 6.92 Å². The molecule has 0 atom stereocenters. The van der Waals surface area contributed by atoms with Gasteiger partial charge in [-0.15, -0.1) is 0 Å². The van der Waals surface area contributed by atoms with Crippen molar-refractivity contribution < 1.29 is 181 Å². The molecule has 17 nitrogen and oxygen atoms in total. The van der Waals surface area contributed by atoms with Crippen LogP contribution >= 0.6 is 23.2 Å². The first kappa shape index (κ1) is 54.4. The Labute approximate surface area is 371 Å². The first-order valence-electron chi connectivity index (χ1n) is 12.3. The minimum atomic E-state index is -2.96. The fraction of sp³-hybridized carbons (Fsp3) is 0.348. The molecule has 0 aliphatic heterocycles. The minimum absolute atomic E-state index is 0. The van der Waals surface area contributed by atoms with Gasteiger partial charge in [-0.3, -0.25) is 39.0 Å². The van der Waals surface area contributed by atoms with E-state index in [9.17, 15) is 51.8 Å². The van der Waals surface area contributed by atoms with Crippen LogP contribution in [-0.2, 0) is 19.2 Å². The molecule has 0 bridgehead atoms. The van der Waals surface area contributed by atoms with E-state index < -0.39 is 70.8 Å². The number of carbonyl (C=O) groups excluding carboxylic acids is 3. The molecule has 0 radical (unpaired) electrons. The van der Waals surface area contributed by atoms with Crippen molar-refractivity contribution in [3.05, 3.63) is 65.7 Å². The van der Waals surface area contributed by atoms with E-state index in [2.05, 4.69) is 14.4 Å². The summed E-state index contributed by atoms with van der Waals surface area (Å²) in [6.07, 6.45) is 0.643. The molecule has 2 amide bonds. The molecular formula is C23H27Cl2F5K2N4O13. The number of primary amides is 2. The molecule has 0 aromatic heterocycles. The SMILES string of the molecule is CCCOC(F)F.NC(=O)c1cc(O)c(Cl)c([N+](=O)[O-])c1.NC(=O)c1cc(OCCOC(F)F)c(Cl)c([N+](=O)[O-])c1.O=CO[O-].[2H]CF.[H-].[K+].[K+]. The number of alkyl halides is 5. The van der Waals surface area contributed by atoms with Crippen LogP contribution in [0.2, 0.25) is 10.0 Å². The van der Waals surface area contributed by atoms with Gasteiger partial charge in [-0.25, -0.2) is 0 Å². The van der Waals surface area contributed by atoms with Crippen LogP contribution in [0.4, 0.5) is 33.3 Å². The van der Waals surface area contributed by atoms with Crippen molar-refractivity contribution in [2.24, 2.45) is 11.5 Å². The third kappa shape index (κ3) is 27.0. The first-order valence-corrected chi connectivity index (χ1v) is 12.4. The van der Waals surface area contributed by atoms with Gasteiger partial charge in [0.05, 0.1) is 31.6 Å². The Bertz CT molecular complexity index is 1340. The van der Waals surface area contributed by atoms with Crippen LogP contribution in [0.15, 0.2) is 24.3 Å². The van der Waals surface area contributed by atoms with Gasteiger partial charge in [0.1, 0.15) is 18.1 Å². The third-order valence-corrected chi connectivity index (χ3v) is 4.86. The zero-order valence-electron chi connectivity index (χ0n) is 27.6. The van der Waals surface area contributed by atoms with Crippen LogP contribution in [0, 0.1) is 20.2 Å². The van der Waals surface area contributed by atoms with E-state index >= 15 is 0 Å². The summed E-state index contributed by atoms with van der Waals surface area (Å²) in [6, 6.07) is 3.86.